The minimum absolute atomic E-state index is 0.227. The van der Waals surface area contributed by atoms with Gasteiger partial charge in [-0.2, -0.15) is 0 Å². The van der Waals surface area contributed by atoms with E-state index in [1.54, 1.807) is 30.4 Å². The molecule has 2 nitrogen and oxygen atoms in total. The van der Waals surface area contributed by atoms with Gasteiger partial charge in [-0.05, 0) is 18.2 Å². The number of nitrogens with two attached hydrogens (primary N) is 1. The van der Waals surface area contributed by atoms with Crippen molar-refractivity contribution < 1.29 is 5.11 Å². The molecule has 0 aromatic heterocycles. The maximum atomic E-state index is 9.29. The lowest BCUT2D eigenvalue weighted by atomic mass is 10.2. The van der Waals surface area contributed by atoms with Crippen molar-refractivity contribution in [1.29, 1.82) is 0 Å². The van der Waals surface area contributed by atoms with Crippen LogP contribution in [-0.4, -0.2) is 10.1 Å². The summed E-state index contributed by atoms with van der Waals surface area (Å²) < 4.78 is 0. The van der Waals surface area contributed by atoms with Crippen LogP contribution in [-0.2, 0) is 0 Å². The number of rotatable bonds is 2. The van der Waals surface area contributed by atoms with Gasteiger partial charge in [-0.25, -0.2) is 0 Å². The number of benzene rings is 1. The summed E-state index contributed by atoms with van der Waals surface area (Å²) in [5, 5.41) is 9.29. The molecule has 0 unspecified atom stereocenters. The largest absolute Gasteiger partial charge is 0.507 e. The normalized spacial score (nSPS) is 10.3. The first-order valence-electron chi connectivity index (χ1n) is 3.45. The molecule has 12 heavy (non-hydrogen) atoms. The third kappa shape index (κ3) is 2.36. The summed E-state index contributed by atoms with van der Waals surface area (Å²) in [4.78, 5) is 0.304. The monoisotopic (exact) mass is 179 g/mol. The van der Waals surface area contributed by atoms with E-state index in [2.05, 4.69) is 12.2 Å². The van der Waals surface area contributed by atoms with Crippen LogP contribution < -0.4 is 5.73 Å². The molecule has 0 bridgehead atoms. The first-order valence-corrected chi connectivity index (χ1v) is 3.86. The van der Waals surface area contributed by atoms with E-state index in [0.717, 1.165) is 0 Å². The summed E-state index contributed by atoms with van der Waals surface area (Å²) in [5.41, 5.74) is 5.97. The van der Waals surface area contributed by atoms with Crippen LogP contribution in [0.3, 0.4) is 0 Å². The zero-order valence-electron chi connectivity index (χ0n) is 6.40. The minimum atomic E-state index is 0.227. The molecule has 0 saturated heterocycles. The van der Waals surface area contributed by atoms with E-state index < -0.39 is 0 Å². The molecule has 1 aromatic rings. The quantitative estimate of drug-likeness (QED) is 0.536. The van der Waals surface area contributed by atoms with E-state index in [0.29, 0.717) is 10.6 Å². The first kappa shape index (κ1) is 8.74. The molecule has 0 aliphatic rings. The summed E-state index contributed by atoms with van der Waals surface area (Å²) in [5.74, 6) is 0.227. The molecule has 0 amide bonds. The maximum absolute atomic E-state index is 9.29. The Bertz CT molecular complexity index is 320. The Morgan fingerprint density at radius 1 is 1.42 bits per heavy atom. The fourth-order valence-corrected chi connectivity index (χ4v) is 0.868. The Hall–Kier alpha value is -1.35. The third-order valence-corrected chi connectivity index (χ3v) is 1.50. The second kappa shape index (κ2) is 3.88. The summed E-state index contributed by atoms with van der Waals surface area (Å²) in [7, 11) is 0. The molecule has 1 rings (SSSR count). The van der Waals surface area contributed by atoms with Crippen molar-refractivity contribution in [3.05, 3.63) is 35.9 Å². The van der Waals surface area contributed by atoms with E-state index in [4.69, 9.17) is 5.73 Å². The van der Waals surface area contributed by atoms with Crippen LogP contribution in [0.25, 0.3) is 6.08 Å². The molecular formula is C9H9NOS. The van der Waals surface area contributed by atoms with Crippen LogP contribution >= 0.6 is 12.2 Å². The Morgan fingerprint density at radius 3 is 2.67 bits per heavy atom. The summed E-state index contributed by atoms with van der Waals surface area (Å²) in [6.07, 6.45) is 3.25. The molecule has 0 aliphatic heterocycles. The van der Waals surface area contributed by atoms with Crippen LogP contribution in [0.15, 0.2) is 30.3 Å². The van der Waals surface area contributed by atoms with Gasteiger partial charge in [0.1, 0.15) is 5.75 Å². The van der Waals surface area contributed by atoms with Gasteiger partial charge in [0.2, 0.25) is 0 Å². The van der Waals surface area contributed by atoms with Crippen LogP contribution in [0.4, 0.5) is 0 Å². The second-order valence-corrected chi connectivity index (χ2v) is 2.77. The van der Waals surface area contributed by atoms with Crippen LogP contribution in [0.1, 0.15) is 5.56 Å². The number of hydrogen-bond acceptors (Lipinski definition) is 2. The van der Waals surface area contributed by atoms with Crippen molar-refractivity contribution in [3.63, 3.8) is 0 Å². The Kier molecular flexibility index (Phi) is 2.82. The standard InChI is InChI=1S/C9H9NOS/c10-9(12)6-5-7-3-1-2-4-8(7)11/h1-6,11H,(H2,10,12)/b6-5+. The number of phenols is 1. The lowest BCUT2D eigenvalue weighted by Crippen LogP contribution is -2.01. The van der Waals surface area contributed by atoms with Gasteiger partial charge in [0, 0.05) is 5.56 Å². The highest BCUT2D eigenvalue weighted by molar-refractivity contribution is 7.80. The predicted octanol–water partition coefficient (Wildman–Crippen LogP) is 1.69. The molecule has 3 N–H and O–H groups in total. The molecule has 0 saturated carbocycles. The fourth-order valence-electron chi connectivity index (χ4n) is 0.800. The minimum Gasteiger partial charge on any atom is -0.507 e. The molecule has 62 valence electrons. The molecule has 3 heteroatoms. The molecule has 1 aromatic carbocycles. The Morgan fingerprint density at radius 2 is 2.08 bits per heavy atom. The van der Waals surface area contributed by atoms with Crippen LogP contribution in [0.2, 0.25) is 0 Å². The lowest BCUT2D eigenvalue weighted by Gasteiger charge is -1.95. The van der Waals surface area contributed by atoms with Crippen molar-refractivity contribution in [3.8, 4) is 5.75 Å². The number of hydrogen-bond donors (Lipinski definition) is 2. The van der Waals surface area contributed by atoms with Crippen molar-refractivity contribution in [1.82, 2.24) is 0 Å². The topological polar surface area (TPSA) is 46.2 Å². The average molecular weight is 179 g/mol. The van der Waals surface area contributed by atoms with Gasteiger partial charge in [0.05, 0.1) is 4.99 Å². The van der Waals surface area contributed by atoms with E-state index >= 15 is 0 Å². The molecule has 0 spiro atoms. The lowest BCUT2D eigenvalue weighted by molar-refractivity contribution is 0.474. The van der Waals surface area contributed by atoms with E-state index in [9.17, 15) is 5.11 Å². The maximum Gasteiger partial charge on any atom is 0.122 e. The van der Waals surface area contributed by atoms with Gasteiger partial charge in [0.15, 0.2) is 0 Å². The summed E-state index contributed by atoms with van der Waals surface area (Å²) in [6.45, 7) is 0. The molecular weight excluding hydrogens is 170 g/mol. The smallest absolute Gasteiger partial charge is 0.122 e. The van der Waals surface area contributed by atoms with Crippen molar-refractivity contribution >= 4 is 23.3 Å². The Balaban J connectivity index is 2.89. The number of para-hydroxylation sites is 1. The van der Waals surface area contributed by atoms with Gasteiger partial charge in [0.25, 0.3) is 0 Å². The van der Waals surface area contributed by atoms with Gasteiger partial charge >= 0.3 is 0 Å². The highest BCUT2D eigenvalue weighted by Gasteiger charge is 1.92. The zero-order chi connectivity index (χ0) is 8.97. The molecule has 0 aliphatic carbocycles. The molecule has 0 atom stereocenters. The van der Waals surface area contributed by atoms with E-state index in [1.165, 1.54) is 0 Å². The molecule has 0 fully saturated rings. The van der Waals surface area contributed by atoms with Crippen molar-refractivity contribution in [2.45, 2.75) is 0 Å². The number of thiocarbonyl (C=S) groups is 1. The van der Waals surface area contributed by atoms with Gasteiger partial charge < -0.3 is 10.8 Å². The zero-order valence-corrected chi connectivity index (χ0v) is 7.21. The van der Waals surface area contributed by atoms with Gasteiger partial charge in [-0.15, -0.1) is 0 Å². The Labute approximate surface area is 76.3 Å². The van der Waals surface area contributed by atoms with Crippen LogP contribution in [0, 0.1) is 0 Å². The predicted molar refractivity (Wildman–Crippen MR) is 53.9 cm³/mol. The SMILES string of the molecule is NC(=S)/C=C/c1ccccc1O. The second-order valence-electron chi connectivity index (χ2n) is 2.29. The summed E-state index contributed by atoms with van der Waals surface area (Å²) >= 11 is 4.65. The van der Waals surface area contributed by atoms with Crippen molar-refractivity contribution in [2.24, 2.45) is 5.73 Å². The van der Waals surface area contributed by atoms with Gasteiger partial charge in [-0.3, -0.25) is 0 Å². The van der Waals surface area contributed by atoms with Crippen LogP contribution in [0.5, 0.6) is 5.75 Å². The summed E-state index contributed by atoms with van der Waals surface area (Å²) in [6, 6.07) is 6.98. The van der Waals surface area contributed by atoms with E-state index in [-0.39, 0.29) is 5.75 Å². The highest BCUT2D eigenvalue weighted by atomic mass is 32.1. The average Bonchev–Trinajstić information content (AvgIpc) is 2.03. The molecule has 0 heterocycles. The number of aromatic hydroxyl groups is 1. The fraction of sp³-hybridized carbons (Fsp3) is 0. The van der Waals surface area contributed by atoms with Crippen molar-refractivity contribution in [2.75, 3.05) is 0 Å². The first-order chi connectivity index (χ1) is 5.70. The highest BCUT2D eigenvalue weighted by Crippen LogP contribution is 2.16. The van der Waals surface area contributed by atoms with Gasteiger partial charge in [-0.1, -0.05) is 30.4 Å². The third-order valence-electron chi connectivity index (χ3n) is 1.36. The van der Waals surface area contributed by atoms with E-state index in [1.807, 2.05) is 6.07 Å². The molecule has 0 radical (unpaired) electrons. The number of phenolic OH excluding ortho intramolecular Hbond substituents is 1.